The monoisotopic (exact) mass is 373 g/mol. The molecule has 0 amide bonds. The Hall–Kier alpha value is -2.75. The topological polar surface area (TPSA) is 48.7 Å². The number of halogens is 5. The van der Waals surface area contributed by atoms with Crippen LogP contribution < -0.4 is 4.74 Å². The number of rotatable bonds is 5. The maximum absolute atomic E-state index is 14.1. The van der Waals surface area contributed by atoms with E-state index in [1.807, 2.05) is 0 Å². The van der Waals surface area contributed by atoms with Gasteiger partial charge in [-0.2, -0.15) is 8.78 Å². The second-order valence-corrected chi connectivity index (χ2v) is 5.38. The van der Waals surface area contributed by atoms with Crippen LogP contribution in [0.4, 0.5) is 22.0 Å². The fourth-order valence-electron chi connectivity index (χ4n) is 2.41. The van der Waals surface area contributed by atoms with Crippen molar-refractivity contribution in [1.29, 1.82) is 0 Å². The van der Waals surface area contributed by atoms with E-state index < -0.39 is 24.7 Å². The van der Waals surface area contributed by atoms with Crippen LogP contribution in [-0.2, 0) is 10.7 Å². The Labute approximate surface area is 144 Å². The molecule has 5 nitrogen and oxygen atoms in total. The van der Waals surface area contributed by atoms with Crippen LogP contribution in [0.3, 0.4) is 0 Å². The van der Waals surface area contributed by atoms with Gasteiger partial charge in [0, 0.05) is 13.3 Å². The van der Waals surface area contributed by atoms with Gasteiger partial charge in [-0.25, -0.2) is 0 Å². The summed E-state index contributed by atoms with van der Waals surface area (Å²) in [5.74, 6) is -4.32. The summed E-state index contributed by atoms with van der Waals surface area (Å²) in [7, 11) is 1.15. The number of alkyl halides is 5. The van der Waals surface area contributed by atoms with Gasteiger partial charge < -0.3 is 9.47 Å². The van der Waals surface area contributed by atoms with Crippen molar-refractivity contribution in [2.45, 2.75) is 12.3 Å². The van der Waals surface area contributed by atoms with Gasteiger partial charge in [0.25, 0.3) is 0 Å². The zero-order chi connectivity index (χ0) is 18.9. The molecule has 0 saturated carbocycles. The van der Waals surface area contributed by atoms with Crippen LogP contribution in [-0.4, -0.2) is 34.7 Å². The van der Waals surface area contributed by atoms with Crippen molar-refractivity contribution in [3.8, 4) is 16.9 Å². The van der Waals surface area contributed by atoms with Crippen LogP contribution in [0.25, 0.3) is 16.8 Å². The predicted molar refractivity (Wildman–Crippen MR) is 80.9 cm³/mol. The standard InChI is InChI=1S/C16H12F5N3O2/c1-25-9-15(17,18)14-23-22-13-7-4-11(8-24(13)14)10-2-5-12(6-3-10)26-16(19,20)21/h2-8H,9H2,1H3. The van der Waals surface area contributed by atoms with Gasteiger partial charge in [0.1, 0.15) is 12.4 Å². The van der Waals surface area contributed by atoms with Gasteiger partial charge in [0.15, 0.2) is 5.65 Å². The number of nitrogens with zero attached hydrogens (tertiary/aromatic N) is 3. The van der Waals surface area contributed by atoms with E-state index in [9.17, 15) is 22.0 Å². The molecular weight excluding hydrogens is 361 g/mol. The number of aromatic nitrogens is 3. The zero-order valence-corrected chi connectivity index (χ0v) is 13.3. The van der Waals surface area contributed by atoms with Gasteiger partial charge in [-0.15, -0.1) is 23.4 Å². The molecule has 0 aliphatic carbocycles. The van der Waals surface area contributed by atoms with E-state index >= 15 is 0 Å². The molecule has 0 saturated heterocycles. The lowest BCUT2D eigenvalue weighted by molar-refractivity contribution is -0.274. The summed E-state index contributed by atoms with van der Waals surface area (Å²) in [4.78, 5) is 0. The molecule has 0 radical (unpaired) electrons. The minimum Gasteiger partial charge on any atom is -0.406 e. The van der Waals surface area contributed by atoms with Gasteiger partial charge >= 0.3 is 12.3 Å². The molecule has 0 atom stereocenters. The first kappa shape index (κ1) is 18.1. The predicted octanol–water partition coefficient (Wildman–Crippen LogP) is 4.03. The molecule has 0 unspecified atom stereocenters. The Balaban J connectivity index is 1.96. The van der Waals surface area contributed by atoms with Crippen molar-refractivity contribution in [2.75, 3.05) is 13.7 Å². The number of ether oxygens (including phenoxy) is 2. The highest BCUT2D eigenvalue weighted by molar-refractivity contribution is 5.65. The normalized spacial score (nSPS) is 12.5. The Morgan fingerprint density at radius 3 is 2.19 bits per heavy atom. The maximum Gasteiger partial charge on any atom is 0.573 e. The Kier molecular flexibility index (Phi) is 4.53. The average Bonchev–Trinajstić information content (AvgIpc) is 2.98. The van der Waals surface area contributed by atoms with Crippen LogP contribution in [0.2, 0.25) is 0 Å². The first-order valence-electron chi connectivity index (χ1n) is 7.28. The first-order valence-corrected chi connectivity index (χ1v) is 7.28. The summed E-state index contributed by atoms with van der Waals surface area (Å²) < 4.78 is 74.2. The van der Waals surface area contributed by atoms with Gasteiger partial charge in [-0.1, -0.05) is 12.1 Å². The highest BCUT2D eigenvalue weighted by Crippen LogP contribution is 2.30. The van der Waals surface area contributed by atoms with E-state index in [-0.39, 0.29) is 11.4 Å². The van der Waals surface area contributed by atoms with Crippen molar-refractivity contribution in [2.24, 2.45) is 0 Å². The molecule has 0 fully saturated rings. The summed E-state index contributed by atoms with van der Waals surface area (Å²) in [5.41, 5.74) is 1.21. The first-order chi connectivity index (χ1) is 12.2. The average molecular weight is 373 g/mol. The molecule has 2 heterocycles. The maximum atomic E-state index is 14.1. The van der Waals surface area contributed by atoms with Crippen molar-refractivity contribution in [3.63, 3.8) is 0 Å². The van der Waals surface area contributed by atoms with Crippen LogP contribution in [0, 0.1) is 0 Å². The molecular formula is C16H12F5N3O2. The van der Waals surface area contributed by atoms with E-state index in [2.05, 4.69) is 19.7 Å². The van der Waals surface area contributed by atoms with Crippen LogP contribution >= 0.6 is 0 Å². The fourth-order valence-corrected chi connectivity index (χ4v) is 2.41. The number of pyridine rings is 1. The van der Waals surface area contributed by atoms with E-state index in [0.29, 0.717) is 11.1 Å². The Morgan fingerprint density at radius 2 is 1.58 bits per heavy atom. The van der Waals surface area contributed by atoms with Crippen LogP contribution in [0.15, 0.2) is 42.6 Å². The van der Waals surface area contributed by atoms with Gasteiger partial charge in [-0.05, 0) is 35.4 Å². The van der Waals surface area contributed by atoms with Crippen molar-refractivity contribution >= 4 is 5.65 Å². The van der Waals surface area contributed by atoms with Crippen molar-refractivity contribution in [3.05, 3.63) is 48.4 Å². The Morgan fingerprint density at radius 1 is 0.923 bits per heavy atom. The molecule has 0 N–H and O–H groups in total. The number of methoxy groups -OCH3 is 1. The van der Waals surface area contributed by atoms with E-state index in [4.69, 9.17) is 0 Å². The van der Waals surface area contributed by atoms with Crippen molar-refractivity contribution in [1.82, 2.24) is 14.6 Å². The lowest BCUT2D eigenvalue weighted by atomic mass is 10.1. The largest absolute Gasteiger partial charge is 0.573 e. The highest BCUT2D eigenvalue weighted by atomic mass is 19.4. The minimum absolute atomic E-state index is 0.205. The number of benzene rings is 1. The molecule has 3 rings (SSSR count). The summed E-state index contributed by atoms with van der Waals surface area (Å²) >= 11 is 0. The number of fused-ring (bicyclic) bond motifs is 1. The molecule has 0 bridgehead atoms. The molecule has 26 heavy (non-hydrogen) atoms. The minimum atomic E-state index is -4.79. The third-order valence-corrected chi connectivity index (χ3v) is 3.48. The molecule has 0 spiro atoms. The molecule has 2 aromatic heterocycles. The molecule has 3 aromatic rings. The molecule has 138 valence electrons. The summed E-state index contributed by atoms with van der Waals surface area (Å²) in [5, 5.41) is 7.20. The van der Waals surface area contributed by atoms with E-state index in [0.717, 1.165) is 23.6 Å². The van der Waals surface area contributed by atoms with E-state index in [1.165, 1.54) is 24.4 Å². The van der Waals surface area contributed by atoms with Crippen LogP contribution in [0.1, 0.15) is 5.82 Å². The molecule has 0 aliphatic rings. The fraction of sp³-hybridized carbons (Fsp3) is 0.250. The van der Waals surface area contributed by atoms with Gasteiger partial charge in [-0.3, -0.25) is 4.40 Å². The van der Waals surface area contributed by atoms with Crippen molar-refractivity contribution < 1.29 is 31.4 Å². The van der Waals surface area contributed by atoms with Crippen LogP contribution in [0.5, 0.6) is 5.75 Å². The molecule has 1 aromatic carbocycles. The number of hydrogen-bond acceptors (Lipinski definition) is 4. The van der Waals surface area contributed by atoms with Gasteiger partial charge in [0.2, 0.25) is 5.82 Å². The lowest BCUT2D eigenvalue weighted by Gasteiger charge is -2.13. The van der Waals surface area contributed by atoms with E-state index in [1.54, 1.807) is 6.07 Å². The number of hydrogen-bond donors (Lipinski definition) is 0. The molecule has 10 heteroatoms. The SMILES string of the molecule is COCC(F)(F)c1nnc2ccc(-c3ccc(OC(F)(F)F)cc3)cn12. The lowest BCUT2D eigenvalue weighted by Crippen LogP contribution is -2.23. The quantitative estimate of drug-likeness (QED) is 0.634. The molecule has 0 aliphatic heterocycles. The second kappa shape index (κ2) is 6.52. The summed E-state index contributed by atoms with van der Waals surface area (Å²) in [6, 6.07) is 8.13. The Bertz CT molecular complexity index is 906. The highest BCUT2D eigenvalue weighted by Gasteiger charge is 2.37. The second-order valence-electron chi connectivity index (χ2n) is 5.38. The van der Waals surface area contributed by atoms with Gasteiger partial charge in [0.05, 0.1) is 0 Å². The summed E-state index contributed by atoms with van der Waals surface area (Å²) in [6.45, 7) is -0.860. The smallest absolute Gasteiger partial charge is 0.406 e. The zero-order valence-electron chi connectivity index (χ0n) is 13.3. The summed E-state index contributed by atoms with van der Waals surface area (Å²) in [6.07, 6.45) is -3.40. The third kappa shape index (κ3) is 3.74. The third-order valence-electron chi connectivity index (χ3n) is 3.48.